The summed E-state index contributed by atoms with van der Waals surface area (Å²) in [6.07, 6.45) is -5.25. The van der Waals surface area contributed by atoms with Crippen LogP contribution in [0, 0.1) is 0 Å². The monoisotopic (exact) mass is 523 g/mol. The predicted octanol–water partition coefficient (Wildman–Crippen LogP) is 7.78. The van der Waals surface area contributed by atoms with E-state index in [0.717, 1.165) is 35.4 Å². The molecule has 0 amide bonds. The van der Waals surface area contributed by atoms with Crippen LogP contribution in [0.1, 0.15) is 51.6 Å². The van der Waals surface area contributed by atoms with Crippen LogP contribution >= 0.6 is 7.37 Å². The summed E-state index contributed by atoms with van der Waals surface area (Å²) in [5.41, 5.74) is 1.55. The number of hydrogen-bond donors (Lipinski definition) is 2. The average molecular weight is 523 g/mol. The molecule has 0 aromatic heterocycles. The van der Waals surface area contributed by atoms with Gasteiger partial charge in [-0.15, -0.1) is 0 Å². The quantitative estimate of drug-likeness (QED) is 0.262. The number of hydrogen-bond acceptors (Lipinski definition) is 4. The smallest absolute Gasteiger partial charge is 0.378 e. The molecule has 0 radical (unpaired) electrons. The standard InChI is InChI=1S/C29H25F3NO3P/c30-29(31,32)24-18-16-23(17-19-24)28(34)37(35)27(22-14-8-3-9-15-22)33-25(20-10-4-1-5-11-20)26(36-37)21-12-6-2-7-13-21/h1-19,25-28,33-34H/t25-,26+,27-,28-,37?/m0/s1. The minimum atomic E-state index is -4.52. The molecule has 0 spiro atoms. The first-order valence-electron chi connectivity index (χ1n) is 11.8. The van der Waals surface area contributed by atoms with Gasteiger partial charge in [0.15, 0.2) is 5.85 Å². The molecule has 1 aliphatic heterocycles. The lowest BCUT2D eigenvalue weighted by atomic mass is 9.95. The van der Waals surface area contributed by atoms with Crippen molar-refractivity contribution in [2.24, 2.45) is 0 Å². The Morgan fingerprint density at radius 1 is 0.730 bits per heavy atom. The molecule has 8 heteroatoms. The van der Waals surface area contributed by atoms with Gasteiger partial charge in [0.05, 0.1) is 11.6 Å². The maximum Gasteiger partial charge on any atom is 0.416 e. The van der Waals surface area contributed by atoms with Crippen LogP contribution in [0.5, 0.6) is 0 Å². The van der Waals surface area contributed by atoms with E-state index in [4.69, 9.17) is 4.52 Å². The van der Waals surface area contributed by atoms with Crippen LogP contribution < -0.4 is 5.32 Å². The molecule has 0 bridgehead atoms. The number of alkyl halides is 3. The molecule has 1 aliphatic rings. The van der Waals surface area contributed by atoms with Crippen LogP contribution in [0.2, 0.25) is 0 Å². The summed E-state index contributed by atoms with van der Waals surface area (Å²) in [4.78, 5) is 0. The zero-order valence-corrected chi connectivity index (χ0v) is 20.5. The Kier molecular flexibility index (Phi) is 7.06. The first kappa shape index (κ1) is 25.4. The lowest BCUT2D eigenvalue weighted by molar-refractivity contribution is -0.137. The zero-order valence-electron chi connectivity index (χ0n) is 19.6. The molecule has 5 atom stereocenters. The minimum Gasteiger partial charge on any atom is -0.378 e. The molecule has 1 heterocycles. The van der Waals surface area contributed by atoms with E-state index in [1.807, 2.05) is 66.7 Å². The van der Waals surface area contributed by atoms with Gasteiger partial charge in [-0.25, -0.2) is 0 Å². The number of halogens is 3. The predicted molar refractivity (Wildman–Crippen MR) is 136 cm³/mol. The number of aliphatic hydroxyl groups is 1. The summed E-state index contributed by atoms with van der Waals surface area (Å²) in [6, 6.07) is 31.5. The third kappa shape index (κ3) is 5.13. The Hall–Kier alpha value is -3.22. The van der Waals surface area contributed by atoms with E-state index in [2.05, 4.69) is 5.32 Å². The van der Waals surface area contributed by atoms with Gasteiger partial charge in [-0.2, -0.15) is 13.2 Å². The van der Waals surface area contributed by atoms with Crippen molar-refractivity contribution in [3.63, 3.8) is 0 Å². The van der Waals surface area contributed by atoms with Crippen molar-refractivity contribution in [3.8, 4) is 0 Å². The van der Waals surface area contributed by atoms with Gasteiger partial charge in [0.1, 0.15) is 11.9 Å². The SMILES string of the molecule is O=P1([C@H](O)c2ccc(C(F)(F)F)cc2)O[C@H](c2ccccc2)[C@H](c2ccccc2)N[C@@H]1c1ccccc1. The van der Waals surface area contributed by atoms with Crippen LogP contribution in [-0.2, 0) is 15.3 Å². The van der Waals surface area contributed by atoms with E-state index in [1.54, 1.807) is 24.3 Å². The Balaban J connectivity index is 1.61. The number of aliphatic hydroxyl groups excluding tert-OH is 1. The Morgan fingerprint density at radius 2 is 1.22 bits per heavy atom. The lowest BCUT2D eigenvalue weighted by Gasteiger charge is -2.44. The highest BCUT2D eigenvalue weighted by molar-refractivity contribution is 7.59. The molecular weight excluding hydrogens is 498 g/mol. The van der Waals surface area contributed by atoms with E-state index in [-0.39, 0.29) is 5.56 Å². The molecule has 1 fully saturated rings. The Morgan fingerprint density at radius 3 is 1.73 bits per heavy atom. The summed E-state index contributed by atoms with van der Waals surface area (Å²) in [5.74, 6) is -2.56. The first-order chi connectivity index (χ1) is 17.8. The molecule has 0 aliphatic carbocycles. The van der Waals surface area contributed by atoms with Crippen molar-refractivity contribution in [3.05, 3.63) is 143 Å². The molecule has 4 aromatic carbocycles. The van der Waals surface area contributed by atoms with Crippen molar-refractivity contribution in [1.29, 1.82) is 0 Å². The molecule has 5 rings (SSSR count). The summed E-state index contributed by atoms with van der Waals surface area (Å²) in [5, 5.41) is 14.9. The summed E-state index contributed by atoms with van der Waals surface area (Å²) < 4.78 is 60.6. The van der Waals surface area contributed by atoms with Gasteiger partial charge in [0.25, 0.3) is 7.37 Å². The second-order valence-corrected chi connectivity index (χ2v) is 11.5. The third-order valence-corrected chi connectivity index (χ3v) is 9.26. The van der Waals surface area contributed by atoms with E-state index >= 15 is 0 Å². The fraction of sp³-hybridized carbons (Fsp3) is 0.172. The van der Waals surface area contributed by atoms with Gasteiger partial charge in [0, 0.05) is 0 Å². The van der Waals surface area contributed by atoms with Crippen molar-refractivity contribution < 1.29 is 27.4 Å². The molecule has 4 aromatic rings. The zero-order chi connectivity index (χ0) is 26.0. The highest BCUT2D eigenvalue weighted by Crippen LogP contribution is 2.73. The number of rotatable bonds is 5. The minimum absolute atomic E-state index is 0.0871. The van der Waals surface area contributed by atoms with Gasteiger partial charge in [0.2, 0.25) is 0 Å². The first-order valence-corrected chi connectivity index (χ1v) is 13.6. The maximum atomic E-state index is 14.8. The van der Waals surface area contributed by atoms with Gasteiger partial charge < -0.3 is 9.63 Å². The Labute approximate surface area is 213 Å². The van der Waals surface area contributed by atoms with Crippen LogP contribution in [0.4, 0.5) is 13.2 Å². The second-order valence-electron chi connectivity index (χ2n) is 8.94. The molecule has 37 heavy (non-hydrogen) atoms. The normalized spacial score (nSPS) is 24.9. The summed E-state index contributed by atoms with van der Waals surface area (Å²) in [7, 11) is -4.03. The van der Waals surface area contributed by atoms with Crippen molar-refractivity contribution in [2.45, 2.75) is 30.0 Å². The molecular formula is C29H25F3NO3P. The average Bonchev–Trinajstić information content (AvgIpc) is 2.93. The molecule has 190 valence electrons. The Bertz CT molecular complexity index is 1370. The van der Waals surface area contributed by atoms with Crippen molar-refractivity contribution in [2.75, 3.05) is 0 Å². The summed E-state index contributed by atoms with van der Waals surface area (Å²) >= 11 is 0. The van der Waals surface area contributed by atoms with Crippen LogP contribution in [0.3, 0.4) is 0 Å². The number of benzene rings is 4. The van der Waals surface area contributed by atoms with Gasteiger partial charge in [-0.1, -0.05) is 103 Å². The highest BCUT2D eigenvalue weighted by Gasteiger charge is 2.51. The van der Waals surface area contributed by atoms with Crippen LogP contribution in [0.15, 0.2) is 115 Å². The second kappa shape index (κ2) is 10.3. The third-order valence-electron chi connectivity index (χ3n) is 6.56. The van der Waals surface area contributed by atoms with E-state index in [9.17, 15) is 22.8 Å². The van der Waals surface area contributed by atoms with E-state index in [1.165, 1.54) is 0 Å². The molecule has 0 saturated carbocycles. The molecule has 4 nitrogen and oxygen atoms in total. The van der Waals surface area contributed by atoms with Crippen LogP contribution in [-0.4, -0.2) is 5.11 Å². The van der Waals surface area contributed by atoms with Crippen molar-refractivity contribution in [1.82, 2.24) is 5.32 Å². The fourth-order valence-electron chi connectivity index (χ4n) is 4.68. The number of nitrogens with one attached hydrogen (secondary N) is 1. The van der Waals surface area contributed by atoms with E-state index in [0.29, 0.717) is 5.56 Å². The van der Waals surface area contributed by atoms with Crippen molar-refractivity contribution >= 4 is 7.37 Å². The van der Waals surface area contributed by atoms with Gasteiger partial charge in [-0.05, 0) is 34.4 Å². The van der Waals surface area contributed by atoms with Gasteiger partial charge in [-0.3, -0.25) is 9.88 Å². The van der Waals surface area contributed by atoms with Crippen LogP contribution in [0.25, 0.3) is 0 Å². The largest absolute Gasteiger partial charge is 0.416 e. The summed E-state index contributed by atoms with van der Waals surface area (Å²) in [6.45, 7) is 0. The van der Waals surface area contributed by atoms with Gasteiger partial charge >= 0.3 is 6.18 Å². The lowest BCUT2D eigenvalue weighted by Crippen LogP contribution is -2.38. The van der Waals surface area contributed by atoms with E-state index < -0.39 is 42.9 Å². The molecule has 1 unspecified atom stereocenters. The highest BCUT2D eigenvalue weighted by atomic mass is 31.2. The molecule has 2 N–H and O–H groups in total. The maximum absolute atomic E-state index is 14.8. The topological polar surface area (TPSA) is 58.6 Å². The molecule has 1 saturated heterocycles. The fourth-order valence-corrected chi connectivity index (χ4v) is 7.34.